The first-order valence-corrected chi connectivity index (χ1v) is 5.89. The van der Waals surface area contributed by atoms with Gasteiger partial charge < -0.3 is 9.47 Å². The fourth-order valence-electron chi connectivity index (χ4n) is 1.12. The molecule has 6 heteroatoms. The molecule has 1 rings (SSSR count). The molecule has 1 heterocycles. The van der Waals surface area contributed by atoms with Crippen molar-refractivity contribution in [3.63, 3.8) is 0 Å². The number of ether oxygens (including phenoxy) is 2. The Morgan fingerprint density at radius 1 is 1.12 bits per heavy atom. The number of esters is 2. The number of hydrogen-bond donors (Lipinski definition) is 0. The Kier molecular flexibility index (Phi) is 5.09. The van der Waals surface area contributed by atoms with E-state index < -0.39 is 11.9 Å². The SMILES string of the molecule is CCOC(=O)c1cc(Br)cc(C(=O)OCC)n1. The number of carbonyl (C=O) groups is 2. The van der Waals surface area contributed by atoms with Crippen LogP contribution in [0.1, 0.15) is 34.8 Å². The van der Waals surface area contributed by atoms with Crippen molar-refractivity contribution in [2.45, 2.75) is 13.8 Å². The number of rotatable bonds is 4. The number of pyridine rings is 1. The Bertz CT molecular complexity index is 397. The van der Waals surface area contributed by atoms with Gasteiger partial charge in [-0.1, -0.05) is 15.9 Å². The molecule has 0 amide bonds. The summed E-state index contributed by atoms with van der Waals surface area (Å²) in [6.45, 7) is 3.90. The molecule has 0 N–H and O–H groups in total. The van der Waals surface area contributed by atoms with E-state index in [1.807, 2.05) is 0 Å². The van der Waals surface area contributed by atoms with E-state index in [0.29, 0.717) is 4.47 Å². The van der Waals surface area contributed by atoms with E-state index in [1.165, 1.54) is 12.1 Å². The molecular weight excluding hydrogens is 290 g/mol. The van der Waals surface area contributed by atoms with Crippen molar-refractivity contribution < 1.29 is 19.1 Å². The van der Waals surface area contributed by atoms with Crippen molar-refractivity contribution in [3.8, 4) is 0 Å². The summed E-state index contributed by atoms with van der Waals surface area (Å²) in [5.74, 6) is -1.14. The maximum absolute atomic E-state index is 11.5. The molecule has 0 saturated carbocycles. The lowest BCUT2D eigenvalue weighted by Crippen LogP contribution is -2.12. The van der Waals surface area contributed by atoms with Gasteiger partial charge in [0.1, 0.15) is 11.4 Å². The zero-order valence-corrected chi connectivity index (χ0v) is 11.1. The van der Waals surface area contributed by atoms with Gasteiger partial charge >= 0.3 is 11.9 Å². The molecule has 0 fully saturated rings. The highest BCUT2D eigenvalue weighted by atomic mass is 79.9. The van der Waals surface area contributed by atoms with E-state index in [4.69, 9.17) is 9.47 Å². The molecular formula is C11H12BrNO4. The molecule has 17 heavy (non-hydrogen) atoms. The summed E-state index contributed by atoms with van der Waals surface area (Å²) >= 11 is 3.20. The second-order valence-corrected chi connectivity index (χ2v) is 3.91. The third kappa shape index (κ3) is 3.81. The molecule has 0 spiro atoms. The van der Waals surface area contributed by atoms with Crippen molar-refractivity contribution in [1.29, 1.82) is 0 Å². The van der Waals surface area contributed by atoms with Crippen LogP contribution < -0.4 is 0 Å². The number of hydrogen-bond acceptors (Lipinski definition) is 5. The molecule has 1 aromatic heterocycles. The average molecular weight is 302 g/mol. The summed E-state index contributed by atoms with van der Waals surface area (Å²) in [4.78, 5) is 26.8. The Morgan fingerprint density at radius 2 is 1.53 bits per heavy atom. The molecule has 0 aliphatic rings. The second-order valence-electron chi connectivity index (χ2n) is 3.00. The van der Waals surface area contributed by atoms with E-state index in [2.05, 4.69) is 20.9 Å². The van der Waals surface area contributed by atoms with Crippen LogP contribution in [-0.4, -0.2) is 30.1 Å². The Balaban J connectivity index is 3.01. The largest absolute Gasteiger partial charge is 0.461 e. The van der Waals surface area contributed by atoms with Crippen LogP contribution in [0.15, 0.2) is 16.6 Å². The van der Waals surface area contributed by atoms with Crippen molar-refractivity contribution in [2.24, 2.45) is 0 Å². The zero-order chi connectivity index (χ0) is 12.8. The molecule has 0 atom stereocenters. The number of halogens is 1. The van der Waals surface area contributed by atoms with Crippen LogP contribution in [0.4, 0.5) is 0 Å². The molecule has 5 nitrogen and oxygen atoms in total. The normalized spacial score (nSPS) is 9.82. The van der Waals surface area contributed by atoms with E-state index in [1.54, 1.807) is 13.8 Å². The third-order valence-corrected chi connectivity index (χ3v) is 2.22. The van der Waals surface area contributed by atoms with Crippen molar-refractivity contribution in [3.05, 3.63) is 28.0 Å². The molecule has 0 aromatic carbocycles. The Morgan fingerprint density at radius 3 is 1.88 bits per heavy atom. The highest BCUT2D eigenvalue weighted by Crippen LogP contribution is 2.14. The molecule has 1 aromatic rings. The number of aromatic nitrogens is 1. The van der Waals surface area contributed by atoms with Gasteiger partial charge in [0.2, 0.25) is 0 Å². The van der Waals surface area contributed by atoms with Gasteiger partial charge in [0.25, 0.3) is 0 Å². The van der Waals surface area contributed by atoms with Crippen molar-refractivity contribution in [2.75, 3.05) is 13.2 Å². The van der Waals surface area contributed by atoms with Crippen LogP contribution in [0, 0.1) is 0 Å². The van der Waals surface area contributed by atoms with Gasteiger partial charge in [-0.3, -0.25) is 0 Å². The minimum absolute atomic E-state index is 0.0734. The lowest BCUT2D eigenvalue weighted by atomic mass is 10.3. The topological polar surface area (TPSA) is 65.5 Å². The first kappa shape index (κ1) is 13.6. The van der Waals surface area contributed by atoms with E-state index in [9.17, 15) is 9.59 Å². The van der Waals surface area contributed by atoms with Crippen LogP contribution in [0.3, 0.4) is 0 Å². The van der Waals surface area contributed by atoms with Gasteiger partial charge in [0, 0.05) is 4.47 Å². The van der Waals surface area contributed by atoms with Crippen molar-refractivity contribution >= 4 is 27.9 Å². The second kappa shape index (κ2) is 6.34. The van der Waals surface area contributed by atoms with Gasteiger partial charge in [-0.2, -0.15) is 0 Å². The smallest absolute Gasteiger partial charge is 0.356 e. The monoisotopic (exact) mass is 301 g/mol. The molecule has 0 aliphatic carbocycles. The lowest BCUT2D eigenvalue weighted by Gasteiger charge is -2.05. The summed E-state index contributed by atoms with van der Waals surface area (Å²) in [6, 6.07) is 2.97. The average Bonchev–Trinajstić information content (AvgIpc) is 2.29. The fourth-order valence-corrected chi connectivity index (χ4v) is 1.55. The summed E-state index contributed by atoms with van der Waals surface area (Å²) in [5.41, 5.74) is 0.147. The molecule has 0 saturated heterocycles. The summed E-state index contributed by atoms with van der Waals surface area (Å²) < 4.78 is 10.2. The van der Waals surface area contributed by atoms with E-state index >= 15 is 0 Å². The fraction of sp³-hybridized carbons (Fsp3) is 0.364. The number of nitrogens with zero attached hydrogens (tertiary/aromatic N) is 1. The quantitative estimate of drug-likeness (QED) is 0.798. The molecule has 0 bridgehead atoms. The standard InChI is InChI=1S/C11H12BrNO4/c1-3-16-10(14)8-5-7(12)6-9(13-8)11(15)17-4-2/h5-6H,3-4H2,1-2H3. The van der Waals surface area contributed by atoms with Crippen LogP contribution >= 0.6 is 15.9 Å². The molecule has 0 aliphatic heterocycles. The van der Waals surface area contributed by atoms with Crippen LogP contribution in [0.2, 0.25) is 0 Å². The van der Waals surface area contributed by atoms with Crippen LogP contribution in [0.25, 0.3) is 0 Å². The first-order chi connectivity index (χ1) is 8.08. The lowest BCUT2D eigenvalue weighted by molar-refractivity contribution is 0.0511. The molecule has 0 radical (unpaired) electrons. The molecule has 92 valence electrons. The predicted molar refractivity (Wildman–Crippen MR) is 63.9 cm³/mol. The third-order valence-electron chi connectivity index (χ3n) is 1.76. The zero-order valence-electron chi connectivity index (χ0n) is 9.53. The van der Waals surface area contributed by atoms with Crippen LogP contribution in [-0.2, 0) is 9.47 Å². The van der Waals surface area contributed by atoms with Crippen molar-refractivity contribution in [1.82, 2.24) is 4.98 Å². The highest BCUT2D eigenvalue weighted by Gasteiger charge is 2.15. The summed E-state index contributed by atoms with van der Waals surface area (Å²) in [7, 11) is 0. The Labute approximate surface area is 107 Å². The van der Waals surface area contributed by atoms with Gasteiger partial charge in [0.15, 0.2) is 0 Å². The van der Waals surface area contributed by atoms with Gasteiger partial charge in [-0.05, 0) is 26.0 Å². The Hall–Kier alpha value is -1.43. The first-order valence-electron chi connectivity index (χ1n) is 5.10. The molecule has 0 unspecified atom stereocenters. The van der Waals surface area contributed by atoms with Crippen LogP contribution in [0.5, 0.6) is 0 Å². The highest BCUT2D eigenvalue weighted by molar-refractivity contribution is 9.10. The number of carbonyl (C=O) groups excluding carboxylic acids is 2. The summed E-state index contributed by atoms with van der Waals surface area (Å²) in [5, 5.41) is 0. The van der Waals surface area contributed by atoms with E-state index in [0.717, 1.165) is 0 Å². The minimum atomic E-state index is -0.570. The maximum atomic E-state index is 11.5. The van der Waals surface area contributed by atoms with Gasteiger partial charge in [-0.25, -0.2) is 14.6 Å². The summed E-state index contributed by atoms with van der Waals surface area (Å²) in [6.07, 6.45) is 0. The maximum Gasteiger partial charge on any atom is 0.356 e. The minimum Gasteiger partial charge on any atom is -0.461 e. The van der Waals surface area contributed by atoms with E-state index in [-0.39, 0.29) is 24.6 Å². The van der Waals surface area contributed by atoms with Gasteiger partial charge in [-0.15, -0.1) is 0 Å². The van der Waals surface area contributed by atoms with Gasteiger partial charge in [0.05, 0.1) is 13.2 Å². The predicted octanol–water partition coefficient (Wildman–Crippen LogP) is 2.20.